The van der Waals surface area contributed by atoms with Crippen LogP contribution in [0.3, 0.4) is 0 Å². The van der Waals surface area contributed by atoms with Gasteiger partial charge in [0.05, 0.1) is 11.0 Å². The Morgan fingerprint density at radius 2 is 2.00 bits per heavy atom. The van der Waals surface area contributed by atoms with E-state index in [1.54, 1.807) is 0 Å². The van der Waals surface area contributed by atoms with Crippen LogP contribution in [0.5, 0.6) is 0 Å². The first-order valence-electron chi connectivity index (χ1n) is 5.86. The number of hydrogen-bond donors (Lipinski definition) is 1. The lowest BCUT2D eigenvalue weighted by Crippen LogP contribution is -2.36. The third-order valence-electron chi connectivity index (χ3n) is 3.20. The molecule has 100 valence electrons. The first kappa shape index (κ1) is 13.8. The van der Waals surface area contributed by atoms with E-state index in [0.29, 0.717) is 25.9 Å². The van der Waals surface area contributed by atoms with Crippen LogP contribution in [0.2, 0.25) is 5.02 Å². The highest BCUT2D eigenvalue weighted by Gasteiger charge is 2.28. The largest absolute Gasteiger partial charge is 0.317 e. The summed E-state index contributed by atoms with van der Waals surface area (Å²) in [6, 6.07) is 4.22. The summed E-state index contributed by atoms with van der Waals surface area (Å²) in [7, 11) is -3.35. The Morgan fingerprint density at radius 3 is 2.61 bits per heavy atom. The Hall–Kier alpha value is -0.650. The molecule has 1 fully saturated rings. The second kappa shape index (κ2) is 5.55. The summed E-state index contributed by atoms with van der Waals surface area (Å²) >= 11 is 5.86. The van der Waals surface area contributed by atoms with Crippen LogP contribution in [0.15, 0.2) is 18.2 Å². The molecule has 2 rings (SSSR count). The topological polar surface area (TPSA) is 46.2 Å². The van der Waals surface area contributed by atoms with E-state index in [1.807, 2.05) is 0 Å². The Labute approximate surface area is 111 Å². The van der Waals surface area contributed by atoms with Gasteiger partial charge in [0, 0.05) is 10.6 Å². The molecule has 0 unspecified atom stereocenters. The lowest BCUT2D eigenvalue weighted by Gasteiger charge is -2.23. The molecule has 0 aliphatic carbocycles. The van der Waals surface area contributed by atoms with Crippen molar-refractivity contribution < 1.29 is 12.8 Å². The number of piperidine rings is 1. The summed E-state index contributed by atoms with van der Waals surface area (Å²) in [5.74, 6) is -0.872. The molecule has 1 aliphatic rings. The quantitative estimate of drug-likeness (QED) is 0.928. The Kier molecular flexibility index (Phi) is 4.25. The molecule has 0 amide bonds. The third kappa shape index (κ3) is 3.02. The summed E-state index contributed by atoms with van der Waals surface area (Å²) in [5.41, 5.74) is 0.0812. The molecule has 1 N–H and O–H groups in total. The normalized spacial score (nSPS) is 17.9. The Morgan fingerprint density at radius 1 is 1.33 bits per heavy atom. The van der Waals surface area contributed by atoms with Crippen molar-refractivity contribution in [2.75, 3.05) is 13.1 Å². The zero-order chi connectivity index (χ0) is 13.2. The number of nitrogens with one attached hydrogen (secondary N) is 1. The molecule has 0 radical (unpaired) electrons. The maximum absolute atomic E-state index is 13.6. The number of halogens is 2. The molecule has 1 aromatic carbocycles. The van der Waals surface area contributed by atoms with Crippen LogP contribution < -0.4 is 5.32 Å². The molecular formula is C12H15ClFNO2S. The Balaban J connectivity index is 2.22. The van der Waals surface area contributed by atoms with Crippen molar-refractivity contribution in [2.24, 2.45) is 0 Å². The summed E-state index contributed by atoms with van der Waals surface area (Å²) in [6.45, 7) is 1.38. The minimum Gasteiger partial charge on any atom is -0.317 e. The number of benzene rings is 1. The summed E-state index contributed by atoms with van der Waals surface area (Å²) in [6.07, 6.45) is 1.16. The van der Waals surface area contributed by atoms with Crippen LogP contribution in [0.25, 0.3) is 0 Å². The maximum atomic E-state index is 13.6. The van der Waals surface area contributed by atoms with Crippen molar-refractivity contribution in [3.8, 4) is 0 Å². The molecule has 0 bridgehead atoms. The van der Waals surface area contributed by atoms with Gasteiger partial charge in [-0.25, -0.2) is 12.8 Å². The van der Waals surface area contributed by atoms with Crippen molar-refractivity contribution >= 4 is 21.4 Å². The zero-order valence-corrected chi connectivity index (χ0v) is 11.4. The van der Waals surface area contributed by atoms with Crippen LogP contribution in [-0.4, -0.2) is 26.8 Å². The van der Waals surface area contributed by atoms with E-state index in [4.69, 9.17) is 11.6 Å². The van der Waals surface area contributed by atoms with E-state index in [1.165, 1.54) is 18.2 Å². The smallest absolute Gasteiger partial charge is 0.157 e. The second-order valence-corrected chi connectivity index (χ2v) is 7.15. The van der Waals surface area contributed by atoms with Gasteiger partial charge in [0.25, 0.3) is 0 Å². The average molecular weight is 292 g/mol. The minimum absolute atomic E-state index is 0.0812. The predicted molar refractivity (Wildman–Crippen MR) is 69.9 cm³/mol. The molecule has 0 atom stereocenters. The van der Waals surface area contributed by atoms with Gasteiger partial charge in [0.1, 0.15) is 5.82 Å². The van der Waals surface area contributed by atoms with E-state index < -0.39 is 20.9 Å². The fourth-order valence-corrected chi connectivity index (χ4v) is 4.34. The van der Waals surface area contributed by atoms with Crippen molar-refractivity contribution in [1.29, 1.82) is 0 Å². The highest BCUT2D eigenvalue weighted by Crippen LogP contribution is 2.25. The lowest BCUT2D eigenvalue weighted by molar-refractivity contribution is 0.495. The summed E-state index contributed by atoms with van der Waals surface area (Å²) in [5, 5.41) is 2.89. The molecule has 0 aromatic heterocycles. The minimum atomic E-state index is -3.35. The molecule has 1 saturated heterocycles. The predicted octanol–water partition coefficient (Wildman–Crippen LogP) is 2.15. The molecule has 0 spiro atoms. The maximum Gasteiger partial charge on any atom is 0.157 e. The number of hydrogen-bond acceptors (Lipinski definition) is 3. The van der Waals surface area contributed by atoms with Crippen LogP contribution >= 0.6 is 11.6 Å². The standard InChI is InChI=1S/C12H15ClFNO2S/c13-11-2-1-3-12(14)10(11)8-18(16,17)9-4-6-15-7-5-9/h1-3,9,15H,4-8H2. The van der Waals surface area contributed by atoms with Crippen LogP contribution in [0, 0.1) is 5.82 Å². The van der Waals surface area contributed by atoms with E-state index >= 15 is 0 Å². The van der Waals surface area contributed by atoms with E-state index in [9.17, 15) is 12.8 Å². The molecule has 6 heteroatoms. The van der Waals surface area contributed by atoms with Gasteiger partial charge in [0.2, 0.25) is 0 Å². The molecule has 1 aromatic rings. The molecule has 1 heterocycles. The van der Waals surface area contributed by atoms with E-state index in [0.717, 1.165) is 0 Å². The van der Waals surface area contributed by atoms with E-state index in [-0.39, 0.29) is 16.3 Å². The molecule has 1 aliphatic heterocycles. The van der Waals surface area contributed by atoms with Gasteiger partial charge in [-0.3, -0.25) is 0 Å². The van der Waals surface area contributed by atoms with Crippen molar-refractivity contribution in [1.82, 2.24) is 5.32 Å². The Bertz CT molecular complexity index is 507. The van der Waals surface area contributed by atoms with Gasteiger partial charge >= 0.3 is 0 Å². The number of sulfone groups is 1. The molecule has 0 saturated carbocycles. The van der Waals surface area contributed by atoms with Gasteiger partial charge < -0.3 is 5.32 Å². The van der Waals surface area contributed by atoms with Gasteiger partial charge in [-0.1, -0.05) is 17.7 Å². The lowest BCUT2D eigenvalue weighted by atomic mass is 10.2. The molecule has 18 heavy (non-hydrogen) atoms. The highest BCUT2D eigenvalue weighted by atomic mass is 35.5. The first-order chi connectivity index (χ1) is 8.50. The summed E-state index contributed by atoms with van der Waals surface area (Å²) in [4.78, 5) is 0. The van der Waals surface area contributed by atoms with Crippen LogP contribution in [-0.2, 0) is 15.6 Å². The van der Waals surface area contributed by atoms with Gasteiger partial charge in [-0.05, 0) is 38.1 Å². The van der Waals surface area contributed by atoms with Crippen LogP contribution in [0.1, 0.15) is 18.4 Å². The second-order valence-electron chi connectivity index (χ2n) is 4.46. The van der Waals surface area contributed by atoms with Crippen molar-refractivity contribution in [2.45, 2.75) is 23.8 Å². The van der Waals surface area contributed by atoms with Gasteiger partial charge in [-0.2, -0.15) is 0 Å². The molecule has 3 nitrogen and oxygen atoms in total. The zero-order valence-electron chi connectivity index (χ0n) is 9.83. The first-order valence-corrected chi connectivity index (χ1v) is 7.95. The van der Waals surface area contributed by atoms with Gasteiger partial charge in [-0.15, -0.1) is 0 Å². The molecular weight excluding hydrogens is 277 g/mol. The van der Waals surface area contributed by atoms with Crippen molar-refractivity contribution in [3.05, 3.63) is 34.6 Å². The van der Waals surface area contributed by atoms with Crippen molar-refractivity contribution in [3.63, 3.8) is 0 Å². The van der Waals surface area contributed by atoms with E-state index in [2.05, 4.69) is 5.32 Å². The fraction of sp³-hybridized carbons (Fsp3) is 0.500. The third-order valence-corrected chi connectivity index (χ3v) is 5.73. The van der Waals surface area contributed by atoms with Gasteiger partial charge in [0.15, 0.2) is 9.84 Å². The number of rotatable bonds is 3. The van der Waals surface area contributed by atoms with Crippen LogP contribution in [0.4, 0.5) is 4.39 Å². The monoisotopic (exact) mass is 291 g/mol. The summed E-state index contributed by atoms with van der Waals surface area (Å²) < 4.78 is 38.0. The SMILES string of the molecule is O=S(=O)(Cc1c(F)cccc1Cl)C1CCNCC1. The average Bonchev–Trinajstić information content (AvgIpc) is 2.35. The fourth-order valence-electron chi connectivity index (χ4n) is 2.14. The highest BCUT2D eigenvalue weighted by molar-refractivity contribution is 7.91.